The first-order valence-corrected chi connectivity index (χ1v) is 12.9. The van der Waals surface area contributed by atoms with Gasteiger partial charge in [0.15, 0.2) is 0 Å². The van der Waals surface area contributed by atoms with E-state index in [9.17, 15) is 13.2 Å². The van der Waals surface area contributed by atoms with Crippen LogP contribution in [-0.2, 0) is 14.8 Å². The predicted molar refractivity (Wildman–Crippen MR) is 133 cm³/mol. The largest absolute Gasteiger partial charge is 0.496 e. The molecule has 0 saturated carbocycles. The molecule has 2 rings (SSSR count). The Hall–Kier alpha value is -2.45. The summed E-state index contributed by atoms with van der Waals surface area (Å²) in [5, 5.41) is 3.28. The van der Waals surface area contributed by atoms with Gasteiger partial charge >= 0.3 is 0 Å². The van der Waals surface area contributed by atoms with Crippen molar-refractivity contribution in [3.63, 3.8) is 0 Å². The third-order valence-electron chi connectivity index (χ3n) is 5.53. The van der Waals surface area contributed by atoms with Crippen LogP contribution in [0.2, 0.25) is 5.02 Å². The third kappa shape index (κ3) is 6.12. The quantitative estimate of drug-likeness (QED) is 0.538. The van der Waals surface area contributed by atoms with E-state index in [-0.39, 0.29) is 17.6 Å². The van der Waals surface area contributed by atoms with Crippen LogP contribution in [0.1, 0.15) is 56.3 Å². The average Bonchev–Trinajstić information content (AvgIpc) is 2.72. The molecule has 33 heavy (non-hydrogen) atoms. The van der Waals surface area contributed by atoms with Gasteiger partial charge in [0.05, 0.1) is 32.2 Å². The molecule has 0 fully saturated rings. The van der Waals surface area contributed by atoms with Crippen molar-refractivity contribution >= 4 is 33.2 Å². The Labute approximate surface area is 202 Å². The Balaban J connectivity index is 2.41. The monoisotopic (exact) mass is 496 g/mol. The van der Waals surface area contributed by atoms with Crippen molar-refractivity contribution in [1.82, 2.24) is 5.32 Å². The Morgan fingerprint density at radius 2 is 1.61 bits per heavy atom. The molecule has 0 aliphatic rings. The SMILES string of the molecule is COc1cc(C)c([C@H](C)NC(=O)[C@@H](C)N(c2cc(Cl)ccc2OC)S(C)(=O)=O)cc1C(C)C. The molecule has 0 aromatic heterocycles. The molecule has 1 N–H and O–H groups in total. The van der Waals surface area contributed by atoms with Crippen LogP contribution in [-0.4, -0.2) is 40.8 Å². The number of aryl methyl sites for hydroxylation is 1. The molecule has 2 aromatic rings. The lowest BCUT2D eigenvalue weighted by molar-refractivity contribution is -0.122. The highest BCUT2D eigenvalue weighted by atomic mass is 35.5. The second-order valence-corrected chi connectivity index (χ2v) is 10.7. The number of benzene rings is 2. The molecule has 0 saturated heterocycles. The fourth-order valence-corrected chi connectivity index (χ4v) is 5.17. The molecule has 0 aliphatic carbocycles. The number of sulfonamides is 1. The highest BCUT2D eigenvalue weighted by Gasteiger charge is 2.32. The van der Waals surface area contributed by atoms with Crippen LogP contribution in [0.5, 0.6) is 11.5 Å². The minimum atomic E-state index is -3.83. The normalized spacial score (nSPS) is 13.4. The number of hydrogen-bond donors (Lipinski definition) is 1. The van der Waals surface area contributed by atoms with E-state index in [1.807, 2.05) is 26.0 Å². The van der Waals surface area contributed by atoms with E-state index >= 15 is 0 Å². The van der Waals surface area contributed by atoms with Crippen LogP contribution in [0.25, 0.3) is 0 Å². The first kappa shape index (κ1) is 26.8. The second kappa shape index (κ2) is 10.7. The first-order valence-electron chi connectivity index (χ1n) is 10.6. The number of anilines is 1. The predicted octanol–water partition coefficient (Wildman–Crippen LogP) is 4.82. The van der Waals surface area contributed by atoms with Gasteiger partial charge in [-0.2, -0.15) is 0 Å². The van der Waals surface area contributed by atoms with Crippen molar-refractivity contribution in [1.29, 1.82) is 0 Å². The summed E-state index contributed by atoms with van der Waals surface area (Å²) in [5.74, 6) is 0.882. The van der Waals surface area contributed by atoms with Crippen molar-refractivity contribution in [2.24, 2.45) is 0 Å². The van der Waals surface area contributed by atoms with Gasteiger partial charge in [0.2, 0.25) is 15.9 Å². The number of halogens is 1. The highest BCUT2D eigenvalue weighted by Crippen LogP contribution is 2.35. The molecule has 0 radical (unpaired) electrons. The lowest BCUT2D eigenvalue weighted by Gasteiger charge is -2.30. The summed E-state index contributed by atoms with van der Waals surface area (Å²) >= 11 is 6.11. The van der Waals surface area contributed by atoms with Gasteiger partial charge in [0, 0.05) is 5.02 Å². The smallest absolute Gasteiger partial charge is 0.244 e. The highest BCUT2D eigenvalue weighted by molar-refractivity contribution is 7.92. The summed E-state index contributed by atoms with van der Waals surface area (Å²) < 4.78 is 37.2. The average molecular weight is 497 g/mol. The van der Waals surface area contributed by atoms with Gasteiger partial charge < -0.3 is 14.8 Å². The second-order valence-electron chi connectivity index (χ2n) is 8.39. The zero-order valence-corrected chi connectivity index (χ0v) is 22.0. The minimum absolute atomic E-state index is 0.200. The number of carbonyl (C=O) groups excluding carboxylic acids is 1. The van der Waals surface area contributed by atoms with E-state index in [0.717, 1.165) is 33.0 Å². The van der Waals surface area contributed by atoms with Crippen molar-refractivity contribution in [2.45, 2.75) is 52.6 Å². The van der Waals surface area contributed by atoms with Crippen molar-refractivity contribution in [3.05, 3.63) is 52.0 Å². The third-order valence-corrected chi connectivity index (χ3v) is 7.00. The number of rotatable bonds is 9. The molecule has 0 aliphatic heterocycles. The molecule has 1 amide bonds. The van der Waals surface area contributed by atoms with Gasteiger partial charge in [-0.05, 0) is 73.7 Å². The topological polar surface area (TPSA) is 84.9 Å². The lowest BCUT2D eigenvalue weighted by atomic mass is 9.93. The summed E-state index contributed by atoms with van der Waals surface area (Å²) in [6.07, 6.45) is 1.04. The number of hydrogen-bond acceptors (Lipinski definition) is 5. The molecule has 7 nitrogen and oxygen atoms in total. The lowest BCUT2D eigenvalue weighted by Crippen LogP contribution is -2.48. The van der Waals surface area contributed by atoms with Crippen LogP contribution >= 0.6 is 11.6 Å². The first-order chi connectivity index (χ1) is 15.3. The van der Waals surface area contributed by atoms with Gasteiger partial charge in [-0.3, -0.25) is 9.10 Å². The molecule has 0 spiro atoms. The van der Waals surface area contributed by atoms with Crippen LogP contribution in [0.15, 0.2) is 30.3 Å². The van der Waals surface area contributed by atoms with Crippen LogP contribution in [0.4, 0.5) is 5.69 Å². The molecule has 0 heterocycles. The van der Waals surface area contributed by atoms with Gasteiger partial charge in [-0.1, -0.05) is 25.4 Å². The van der Waals surface area contributed by atoms with Gasteiger partial charge in [-0.25, -0.2) is 8.42 Å². The molecule has 0 bridgehead atoms. The Kier molecular flexibility index (Phi) is 8.65. The van der Waals surface area contributed by atoms with E-state index in [4.69, 9.17) is 21.1 Å². The zero-order valence-electron chi connectivity index (χ0n) is 20.4. The Morgan fingerprint density at radius 1 is 1.00 bits per heavy atom. The van der Waals surface area contributed by atoms with Crippen molar-refractivity contribution in [2.75, 3.05) is 24.8 Å². The number of amides is 1. The molecular formula is C24H33ClN2O5S. The molecule has 9 heteroatoms. The number of nitrogens with one attached hydrogen (secondary N) is 1. The van der Waals surface area contributed by atoms with Gasteiger partial charge in [0.1, 0.15) is 17.5 Å². The molecule has 2 aromatic carbocycles. The van der Waals surface area contributed by atoms with Crippen LogP contribution in [0.3, 0.4) is 0 Å². The number of carbonyl (C=O) groups is 1. The summed E-state index contributed by atoms with van der Waals surface area (Å²) in [7, 11) is -0.764. The van der Waals surface area contributed by atoms with Gasteiger partial charge in [0.25, 0.3) is 0 Å². The van der Waals surface area contributed by atoms with E-state index in [0.29, 0.717) is 10.8 Å². The molecule has 182 valence electrons. The van der Waals surface area contributed by atoms with E-state index in [1.54, 1.807) is 19.2 Å². The number of nitrogens with zero attached hydrogens (tertiary/aromatic N) is 1. The summed E-state index contributed by atoms with van der Waals surface area (Å²) in [4.78, 5) is 13.2. The van der Waals surface area contributed by atoms with Crippen molar-refractivity contribution in [3.8, 4) is 11.5 Å². The fraction of sp³-hybridized carbons (Fsp3) is 0.458. The van der Waals surface area contributed by atoms with E-state index in [2.05, 4.69) is 19.2 Å². The molecular weight excluding hydrogens is 464 g/mol. The number of ether oxygens (including phenoxy) is 2. The minimum Gasteiger partial charge on any atom is -0.496 e. The van der Waals surface area contributed by atoms with E-state index < -0.39 is 22.0 Å². The van der Waals surface area contributed by atoms with Crippen LogP contribution < -0.4 is 19.1 Å². The van der Waals surface area contributed by atoms with E-state index in [1.165, 1.54) is 20.1 Å². The molecule has 2 atom stereocenters. The maximum absolute atomic E-state index is 13.2. The van der Waals surface area contributed by atoms with Gasteiger partial charge in [-0.15, -0.1) is 0 Å². The standard InChI is InChI=1S/C24H33ClN2O5S/c1-14(2)19-13-20(15(3)11-23(19)32-7)16(4)26-24(28)17(5)27(33(8,29)30)21-12-18(25)9-10-22(21)31-6/h9-14,16-17H,1-8H3,(H,26,28)/t16-,17+/m0/s1. The summed E-state index contributed by atoms with van der Waals surface area (Å²) in [5.41, 5.74) is 3.14. The summed E-state index contributed by atoms with van der Waals surface area (Å²) in [6, 6.07) is 7.22. The maximum atomic E-state index is 13.2. The zero-order chi connectivity index (χ0) is 25.1. The Morgan fingerprint density at radius 3 is 2.12 bits per heavy atom. The van der Waals surface area contributed by atoms with Crippen LogP contribution in [0, 0.1) is 6.92 Å². The summed E-state index contributed by atoms with van der Waals surface area (Å²) in [6.45, 7) is 9.50. The number of methoxy groups -OCH3 is 2. The maximum Gasteiger partial charge on any atom is 0.244 e. The van der Waals surface area contributed by atoms with Crippen molar-refractivity contribution < 1.29 is 22.7 Å². The Bertz CT molecular complexity index is 1120. The molecule has 0 unspecified atom stereocenters. The fourth-order valence-electron chi connectivity index (χ4n) is 3.84.